The molecule has 0 unspecified atom stereocenters. The molecule has 11 heteroatoms. The number of anilines is 1. The van der Waals surface area contributed by atoms with Crippen molar-refractivity contribution in [2.75, 3.05) is 18.4 Å². The molecule has 0 spiro atoms. The second-order valence-electron chi connectivity index (χ2n) is 10.0. The van der Waals surface area contributed by atoms with E-state index in [1.165, 1.54) is 0 Å². The summed E-state index contributed by atoms with van der Waals surface area (Å²) < 4.78 is 27.9. The summed E-state index contributed by atoms with van der Waals surface area (Å²) in [6.07, 6.45) is 3.83. The Morgan fingerprint density at radius 3 is 2.72 bits per heavy atom. The molecule has 0 saturated carbocycles. The molecule has 3 aromatic rings. The number of pyridine rings is 1. The summed E-state index contributed by atoms with van der Waals surface area (Å²) in [6, 6.07) is 5.19. The van der Waals surface area contributed by atoms with Gasteiger partial charge in [-0.05, 0) is 59.6 Å². The number of carbonyl (C=O) groups excluding carboxylic acids is 2. The average Bonchev–Trinajstić information content (AvgIpc) is 3.23. The molecule has 0 aromatic carbocycles. The summed E-state index contributed by atoms with van der Waals surface area (Å²) in [6.45, 7) is 9.61. The standard InChI is InChI=1S/C25H31FN6O4/c1-15(2)35-23(33)20-19(26)22(28-16-9-8-11-31(14-16)24(34)36-25(3,4)5)30-21(29-20)17-13-27-32-12-7-6-10-18(17)32/h6-7,10,12-13,15-16H,8-9,11,14H2,1-5H3,(H,28,29,30)/t16-/m1/s1. The Kier molecular flexibility index (Phi) is 7.09. The fraction of sp³-hybridized carbons (Fsp3) is 0.480. The number of nitrogens with one attached hydrogen (secondary N) is 1. The van der Waals surface area contributed by atoms with Crippen molar-refractivity contribution < 1.29 is 23.5 Å². The lowest BCUT2D eigenvalue weighted by Gasteiger charge is -2.34. The van der Waals surface area contributed by atoms with E-state index in [9.17, 15) is 9.59 Å². The summed E-state index contributed by atoms with van der Waals surface area (Å²) in [5.74, 6) is -1.79. The molecule has 1 N–H and O–H groups in total. The van der Waals surface area contributed by atoms with Gasteiger partial charge in [-0.2, -0.15) is 5.10 Å². The van der Waals surface area contributed by atoms with Crippen molar-refractivity contribution in [1.82, 2.24) is 24.5 Å². The molecule has 1 atom stereocenters. The van der Waals surface area contributed by atoms with E-state index >= 15 is 4.39 Å². The quantitative estimate of drug-likeness (QED) is 0.518. The van der Waals surface area contributed by atoms with Crippen molar-refractivity contribution in [3.05, 3.63) is 42.1 Å². The summed E-state index contributed by atoms with van der Waals surface area (Å²) >= 11 is 0. The summed E-state index contributed by atoms with van der Waals surface area (Å²) in [5.41, 5.74) is 0.153. The van der Waals surface area contributed by atoms with E-state index in [-0.39, 0.29) is 17.7 Å². The molecule has 0 radical (unpaired) electrons. The van der Waals surface area contributed by atoms with Gasteiger partial charge >= 0.3 is 12.1 Å². The van der Waals surface area contributed by atoms with Gasteiger partial charge in [0.2, 0.25) is 0 Å². The Hall–Kier alpha value is -3.76. The summed E-state index contributed by atoms with van der Waals surface area (Å²) in [7, 11) is 0. The maximum absolute atomic E-state index is 15.5. The van der Waals surface area contributed by atoms with E-state index in [1.807, 2.05) is 18.2 Å². The number of hydrogen-bond acceptors (Lipinski definition) is 8. The van der Waals surface area contributed by atoms with Gasteiger partial charge in [0, 0.05) is 25.3 Å². The first-order valence-electron chi connectivity index (χ1n) is 12.0. The van der Waals surface area contributed by atoms with Crippen molar-refractivity contribution in [3.63, 3.8) is 0 Å². The molecule has 1 aliphatic rings. The van der Waals surface area contributed by atoms with Crippen LogP contribution in [0, 0.1) is 5.82 Å². The zero-order valence-electron chi connectivity index (χ0n) is 21.1. The Bertz CT molecular complexity index is 1270. The first-order valence-corrected chi connectivity index (χ1v) is 12.0. The van der Waals surface area contributed by atoms with Crippen LogP contribution in [-0.4, -0.2) is 67.4 Å². The number of fused-ring (bicyclic) bond motifs is 1. The van der Waals surface area contributed by atoms with Gasteiger partial charge in [-0.25, -0.2) is 28.5 Å². The highest BCUT2D eigenvalue weighted by Crippen LogP contribution is 2.27. The first kappa shape index (κ1) is 25.3. The number of hydrogen-bond donors (Lipinski definition) is 1. The third-order valence-corrected chi connectivity index (χ3v) is 5.47. The minimum absolute atomic E-state index is 0.135. The average molecular weight is 499 g/mol. The second kappa shape index (κ2) is 10.1. The molecule has 10 nitrogen and oxygen atoms in total. The minimum atomic E-state index is -0.907. The molecule has 1 aliphatic heterocycles. The number of amides is 1. The number of carbonyl (C=O) groups is 2. The fourth-order valence-corrected chi connectivity index (χ4v) is 3.96. The first-order chi connectivity index (χ1) is 17.0. The van der Waals surface area contributed by atoms with E-state index < -0.39 is 35.3 Å². The summed E-state index contributed by atoms with van der Waals surface area (Å²) in [4.78, 5) is 35.5. The molecule has 0 aliphatic carbocycles. The Morgan fingerprint density at radius 1 is 1.22 bits per heavy atom. The second-order valence-corrected chi connectivity index (χ2v) is 10.0. The highest BCUT2D eigenvalue weighted by molar-refractivity contribution is 5.90. The van der Waals surface area contributed by atoms with Crippen LogP contribution in [0.25, 0.3) is 16.9 Å². The number of nitrogens with zero attached hydrogens (tertiary/aromatic N) is 5. The van der Waals surface area contributed by atoms with Crippen molar-refractivity contribution in [2.24, 2.45) is 0 Å². The van der Waals surface area contributed by atoms with Gasteiger partial charge in [0.1, 0.15) is 5.60 Å². The molecule has 4 rings (SSSR count). The van der Waals surface area contributed by atoms with E-state index in [0.29, 0.717) is 37.0 Å². The van der Waals surface area contributed by atoms with E-state index in [4.69, 9.17) is 9.47 Å². The fourth-order valence-electron chi connectivity index (χ4n) is 3.96. The number of rotatable bonds is 5. The maximum Gasteiger partial charge on any atom is 0.410 e. The predicted molar refractivity (Wildman–Crippen MR) is 131 cm³/mol. The van der Waals surface area contributed by atoms with Gasteiger partial charge < -0.3 is 19.7 Å². The van der Waals surface area contributed by atoms with Crippen LogP contribution in [0.1, 0.15) is 57.9 Å². The zero-order chi connectivity index (χ0) is 26.0. The van der Waals surface area contributed by atoms with Gasteiger partial charge in [0.05, 0.1) is 23.4 Å². The monoisotopic (exact) mass is 498 g/mol. The molecule has 1 fully saturated rings. The smallest absolute Gasteiger partial charge is 0.410 e. The van der Waals surface area contributed by atoms with Gasteiger partial charge in [0.15, 0.2) is 23.2 Å². The van der Waals surface area contributed by atoms with Crippen LogP contribution in [0.4, 0.5) is 15.0 Å². The van der Waals surface area contributed by atoms with Crippen molar-refractivity contribution in [2.45, 2.75) is 65.2 Å². The van der Waals surface area contributed by atoms with Crippen molar-refractivity contribution in [3.8, 4) is 11.4 Å². The van der Waals surface area contributed by atoms with Crippen molar-refractivity contribution in [1.29, 1.82) is 0 Å². The molecule has 192 valence electrons. The minimum Gasteiger partial charge on any atom is -0.458 e. The molecule has 4 heterocycles. The number of piperidine rings is 1. The highest BCUT2D eigenvalue weighted by Gasteiger charge is 2.30. The lowest BCUT2D eigenvalue weighted by atomic mass is 10.1. The van der Waals surface area contributed by atoms with Crippen molar-refractivity contribution >= 4 is 23.4 Å². The van der Waals surface area contributed by atoms with Crippen LogP contribution in [0.5, 0.6) is 0 Å². The molecular weight excluding hydrogens is 467 g/mol. The van der Waals surface area contributed by atoms with E-state index in [0.717, 1.165) is 0 Å². The lowest BCUT2D eigenvalue weighted by Crippen LogP contribution is -2.47. The largest absolute Gasteiger partial charge is 0.458 e. The normalized spacial score (nSPS) is 16.3. The number of esters is 1. The SMILES string of the molecule is CC(C)OC(=O)c1nc(-c2cnn3ccccc23)nc(N[C@@H]2CCCN(C(=O)OC(C)(C)C)C2)c1F. The van der Waals surface area contributed by atoms with Crippen LogP contribution in [0.2, 0.25) is 0 Å². The lowest BCUT2D eigenvalue weighted by molar-refractivity contribution is 0.0205. The molecule has 0 bridgehead atoms. The number of ether oxygens (including phenoxy) is 2. The van der Waals surface area contributed by atoms with Crippen LogP contribution in [-0.2, 0) is 9.47 Å². The van der Waals surface area contributed by atoms with Gasteiger partial charge in [-0.15, -0.1) is 0 Å². The van der Waals surface area contributed by atoms with Crippen LogP contribution in [0.15, 0.2) is 30.6 Å². The third kappa shape index (κ3) is 5.72. The highest BCUT2D eigenvalue weighted by atomic mass is 19.1. The van der Waals surface area contributed by atoms with Crippen LogP contribution < -0.4 is 5.32 Å². The van der Waals surface area contributed by atoms with Gasteiger partial charge in [-0.1, -0.05) is 6.07 Å². The number of likely N-dealkylation sites (tertiary alicyclic amines) is 1. The van der Waals surface area contributed by atoms with E-state index in [2.05, 4.69) is 20.4 Å². The summed E-state index contributed by atoms with van der Waals surface area (Å²) in [5, 5.41) is 7.38. The van der Waals surface area contributed by atoms with Gasteiger partial charge in [0.25, 0.3) is 0 Å². The topological polar surface area (TPSA) is 111 Å². The predicted octanol–water partition coefficient (Wildman–Crippen LogP) is 4.31. The Balaban J connectivity index is 1.67. The van der Waals surface area contributed by atoms with Crippen LogP contribution in [0.3, 0.4) is 0 Å². The Morgan fingerprint density at radius 2 is 2.00 bits per heavy atom. The third-order valence-electron chi connectivity index (χ3n) is 5.47. The molecule has 1 saturated heterocycles. The molecular formula is C25H31FN6O4. The van der Waals surface area contributed by atoms with Crippen LogP contribution >= 0.6 is 0 Å². The van der Waals surface area contributed by atoms with E-state index in [1.54, 1.807) is 56.4 Å². The maximum atomic E-state index is 15.5. The molecule has 3 aromatic heterocycles. The molecule has 36 heavy (non-hydrogen) atoms. The molecule has 1 amide bonds. The zero-order valence-corrected chi connectivity index (χ0v) is 21.1. The Labute approximate surface area is 208 Å². The number of halogens is 1. The number of aromatic nitrogens is 4. The van der Waals surface area contributed by atoms with Gasteiger partial charge in [-0.3, -0.25) is 0 Å².